The second kappa shape index (κ2) is 9.20. The molecule has 0 saturated carbocycles. The number of hydrogen-bond donors (Lipinski definition) is 3. The van der Waals surface area contributed by atoms with Crippen molar-refractivity contribution in [2.24, 2.45) is 0 Å². The van der Waals surface area contributed by atoms with E-state index < -0.39 is 0 Å². The zero-order valence-electron chi connectivity index (χ0n) is 11.5. The Morgan fingerprint density at radius 3 is 2.40 bits per heavy atom. The standard InChI is InChI=1S/C14H20ClN3O2/c1-2-8-16-13(19)7-9-17-14(20)18-10-11-3-5-12(15)6-4-11/h3-6H,2,7-10H2,1H3,(H,16,19)(H2,17,18,20). The molecule has 0 aliphatic carbocycles. The van der Waals surface area contributed by atoms with Gasteiger partial charge < -0.3 is 16.0 Å². The minimum absolute atomic E-state index is 0.0511. The van der Waals surface area contributed by atoms with Gasteiger partial charge in [-0.3, -0.25) is 4.79 Å². The second-order valence-electron chi connectivity index (χ2n) is 4.34. The molecular weight excluding hydrogens is 278 g/mol. The summed E-state index contributed by atoms with van der Waals surface area (Å²) in [5.41, 5.74) is 0.963. The van der Waals surface area contributed by atoms with Crippen LogP contribution in [0.25, 0.3) is 0 Å². The van der Waals surface area contributed by atoms with Crippen LogP contribution in [0.5, 0.6) is 0 Å². The molecule has 0 aliphatic rings. The molecule has 0 radical (unpaired) electrons. The zero-order valence-corrected chi connectivity index (χ0v) is 12.3. The smallest absolute Gasteiger partial charge is 0.315 e. The Bertz CT molecular complexity index is 435. The predicted molar refractivity (Wildman–Crippen MR) is 79.6 cm³/mol. The summed E-state index contributed by atoms with van der Waals surface area (Å²) in [6.45, 7) is 3.40. The second-order valence-corrected chi connectivity index (χ2v) is 4.77. The van der Waals surface area contributed by atoms with Gasteiger partial charge in [0.2, 0.25) is 5.91 Å². The summed E-state index contributed by atoms with van der Waals surface area (Å²) in [5.74, 6) is -0.0511. The third kappa shape index (κ3) is 6.99. The number of halogens is 1. The number of benzene rings is 1. The number of carbonyl (C=O) groups is 2. The molecule has 1 aromatic rings. The van der Waals surface area contributed by atoms with Crippen molar-refractivity contribution in [3.8, 4) is 0 Å². The summed E-state index contributed by atoms with van der Waals surface area (Å²) < 4.78 is 0. The van der Waals surface area contributed by atoms with Crippen LogP contribution in [0.4, 0.5) is 4.79 Å². The first-order valence-electron chi connectivity index (χ1n) is 6.64. The van der Waals surface area contributed by atoms with Crippen molar-refractivity contribution < 1.29 is 9.59 Å². The van der Waals surface area contributed by atoms with Gasteiger partial charge in [0.15, 0.2) is 0 Å². The average Bonchev–Trinajstić information content (AvgIpc) is 2.44. The fourth-order valence-electron chi connectivity index (χ4n) is 1.49. The highest BCUT2D eigenvalue weighted by atomic mass is 35.5. The van der Waals surface area contributed by atoms with Crippen molar-refractivity contribution in [1.29, 1.82) is 0 Å². The lowest BCUT2D eigenvalue weighted by Gasteiger charge is -2.08. The molecule has 1 aromatic carbocycles. The fourth-order valence-corrected chi connectivity index (χ4v) is 1.62. The van der Waals surface area contributed by atoms with E-state index in [0.717, 1.165) is 12.0 Å². The van der Waals surface area contributed by atoms with Crippen LogP contribution < -0.4 is 16.0 Å². The van der Waals surface area contributed by atoms with E-state index in [1.165, 1.54) is 0 Å². The van der Waals surface area contributed by atoms with Crippen LogP contribution in [0.3, 0.4) is 0 Å². The maximum Gasteiger partial charge on any atom is 0.315 e. The van der Waals surface area contributed by atoms with Crippen molar-refractivity contribution in [3.63, 3.8) is 0 Å². The van der Waals surface area contributed by atoms with Crippen LogP contribution >= 0.6 is 11.6 Å². The molecule has 3 N–H and O–H groups in total. The topological polar surface area (TPSA) is 70.2 Å². The van der Waals surface area contributed by atoms with Crippen LogP contribution in [0.15, 0.2) is 24.3 Å². The molecule has 110 valence electrons. The van der Waals surface area contributed by atoms with Gasteiger partial charge in [-0.25, -0.2) is 4.79 Å². The van der Waals surface area contributed by atoms with Crippen LogP contribution in [0, 0.1) is 0 Å². The van der Waals surface area contributed by atoms with Crippen molar-refractivity contribution in [3.05, 3.63) is 34.9 Å². The Morgan fingerprint density at radius 1 is 1.05 bits per heavy atom. The van der Waals surface area contributed by atoms with E-state index in [-0.39, 0.29) is 18.4 Å². The van der Waals surface area contributed by atoms with Crippen LogP contribution in [0.2, 0.25) is 5.02 Å². The van der Waals surface area contributed by atoms with E-state index in [9.17, 15) is 9.59 Å². The quantitative estimate of drug-likeness (QED) is 0.721. The lowest BCUT2D eigenvalue weighted by molar-refractivity contribution is -0.120. The fraction of sp³-hybridized carbons (Fsp3) is 0.429. The Kier molecular flexibility index (Phi) is 7.50. The molecule has 20 heavy (non-hydrogen) atoms. The minimum Gasteiger partial charge on any atom is -0.356 e. The molecule has 3 amide bonds. The SMILES string of the molecule is CCCNC(=O)CCNC(=O)NCc1ccc(Cl)cc1. The number of nitrogens with one attached hydrogen (secondary N) is 3. The molecule has 0 saturated heterocycles. The van der Waals surface area contributed by atoms with Crippen LogP contribution in [0.1, 0.15) is 25.3 Å². The van der Waals surface area contributed by atoms with E-state index in [4.69, 9.17) is 11.6 Å². The maximum absolute atomic E-state index is 11.5. The van der Waals surface area contributed by atoms with E-state index in [2.05, 4.69) is 16.0 Å². The first kappa shape index (κ1) is 16.3. The molecule has 0 atom stereocenters. The molecule has 1 rings (SSSR count). The van der Waals surface area contributed by atoms with Gasteiger partial charge in [-0.2, -0.15) is 0 Å². The molecular formula is C14H20ClN3O2. The summed E-state index contributed by atoms with van der Waals surface area (Å²) >= 11 is 5.77. The summed E-state index contributed by atoms with van der Waals surface area (Å²) in [6.07, 6.45) is 1.19. The van der Waals surface area contributed by atoms with Gasteiger partial charge in [0, 0.05) is 31.1 Å². The average molecular weight is 298 g/mol. The van der Waals surface area contributed by atoms with E-state index >= 15 is 0 Å². The number of rotatable bonds is 7. The molecule has 6 heteroatoms. The molecule has 0 aromatic heterocycles. The van der Waals surface area contributed by atoms with Gasteiger partial charge in [0.1, 0.15) is 0 Å². The summed E-state index contributed by atoms with van der Waals surface area (Å²) in [4.78, 5) is 22.8. The third-order valence-corrected chi connectivity index (χ3v) is 2.83. The van der Waals surface area contributed by atoms with Crippen molar-refractivity contribution in [1.82, 2.24) is 16.0 Å². The summed E-state index contributed by atoms with van der Waals surface area (Å²) in [6, 6.07) is 6.95. The zero-order chi connectivity index (χ0) is 14.8. The van der Waals surface area contributed by atoms with Crippen molar-refractivity contribution in [2.75, 3.05) is 13.1 Å². The Balaban J connectivity index is 2.14. The summed E-state index contributed by atoms with van der Waals surface area (Å²) in [7, 11) is 0. The van der Waals surface area contributed by atoms with Gasteiger partial charge in [0.05, 0.1) is 0 Å². The van der Waals surface area contributed by atoms with E-state index in [1.54, 1.807) is 12.1 Å². The first-order valence-corrected chi connectivity index (χ1v) is 7.02. The number of amides is 3. The number of urea groups is 1. The van der Waals surface area contributed by atoms with Crippen molar-refractivity contribution >= 4 is 23.5 Å². The molecule has 5 nitrogen and oxygen atoms in total. The Morgan fingerprint density at radius 2 is 1.75 bits per heavy atom. The lowest BCUT2D eigenvalue weighted by Crippen LogP contribution is -2.37. The highest BCUT2D eigenvalue weighted by Gasteiger charge is 2.03. The Labute approximate surface area is 124 Å². The largest absolute Gasteiger partial charge is 0.356 e. The molecule has 0 spiro atoms. The normalized spacial score (nSPS) is 9.90. The molecule has 0 unspecified atom stereocenters. The summed E-state index contributed by atoms with van der Waals surface area (Å²) in [5, 5.41) is 8.75. The molecule has 0 heterocycles. The van der Waals surface area contributed by atoms with Gasteiger partial charge in [-0.1, -0.05) is 30.7 Å². The van der Waals surface area contributed by atoms with E-state index in [1.807, 2.05) is 19.1 Å². The maximum atomic E-state index is 11.5. The highest BCUT2D eigenvalue weighted by Crippen LogP contribution is 2.08. The molecule has 0 aliphatic heterocycles. The van der Waals surface area contributed by atoms with Gasteiger partial charge in [0.25, 0.3) is 0 Å². The van der Waals surface area contributed by atoms with Crippen molar-refractivity contribution in [2.45, 2.75) is 26.3 Å². The van der Waals surface area contributed by atoms with Crippen LogP contribution in [-0.2, 0) is 11.3 Å². The monoisotopic (exact) mass is 297 g/mol. The number of hydrogen-bond acceptors (Lipinski definition) is 2. The van der Waals surface area contributed by atoms with Gasteiger partial charge >= 0.3 is 6.03 Å². The third-order valence-electron chi connectivity index (χ3n) is 2.58. The lowest BCUT2D eigenvalue weighted by atomic mass is 10.2. The van der Waals surface area contributed by atoms with Crippen LogP contribution in [-0.4, -0.2) is 25.0 Å². The predicted octanol–water partition coefficient (Wildman–Crippen LogP) is 2.06. The first-order chi connectivity index (χ1) is 9.61. The molecule has 0 fully saturated rings. The van der Waals surface area contributed by atoms with Gasteiger partial charge in [-0.15, -0.1) is 0 Å². The minimum atomic E-state index is -0.289. The highest BCUT2D eigenvalue weighted by molar-refractivity contribution is 6.30. The molecule has 0 bridgehead atoms. The number of carbonyl (C=O) groups excluding carboxylic acids is 2. The van der Waals surface area contributed by atoms with E-state index in [0.29, 0.717) is 24.7 Å². The Hall–Kier alpha value is -1.75. The van der Waals surface area contributed by atoms with Gasteiger partial charge in [-0.05, 0) is 24.1 Å².